The van der Waals surface area contributed by atoms with Crippen LogP contribution in [0.2, 0.25) is 0 Å². The van der Waals surface area contributed by atoms with Gasteiger partial charge in [0.2, 0.25) is 5.91 Å². The zero-order valence-corrected chi connectivity index (χ0v) is 12.1. The molecule has 0 unspecified atom stereocenters. The van der Waals surface area contributed by atoms with Gasteiger partial charge in [0.25, 0.3) is 0 Å². The van der Waals surface area contributed by atoms with Crippen molar-refractivity contribution in [2.24, 2.45) is 0 Å². The van der Waals surface area contributed by atoms with E-state index in [1.807, 2.05) is 60.7 Å². The Morgan fingerprint density at radius 1 is 1.10 bits per heavy atom. The molecule has 0 heterocycles. The Hall–Kier alpha value is -2.60. The van der Waals surface area contributed by atoms with Crippen molar-refractivity contribution in [3.8, 4) is 6.07 Å². The van der Waals surface area contributed by atoms with Crippen LogP contribution in [0.4, 0.5) is 0 Å². The van der Waals surface area contributed by atoms with Crippen LogP contribution in [-0.4, -0.2) is 17.4 Å². The van der Waals surface area contributed by atoms with Crippen molar-refractivity contribution in [1.29, 1.82) is 5.26 Å². The lowest BCUT2D eigenvalue weighted by Gasteiger charge is -2.26. The number of nitriles is 1. The Morgan fingerprint density at radius 2 is 1.67 bits per heavy atom. The Labute approximate surface area is 125 Å². The smallest absolute Gasteiger partial charge is 0.220 e. The van der Waals surface area contributed by atoms with Crippen molar-refractivity contribution < 1.29 is 4.79 Å². The number of hydrogen-bond acceptors (Lipinski definition) is 2. The predicted octanol–water partition coefficient (Wildman–Crippen LogP) is 3.34. The van der Waals surface area contributed by atoms with Crippen LogP contribution in [0.1, 0.15) is 24.1 Å². The summed E-state index contributed by atoms with van der Waals surface area (Å²) in [4.78, 5) is 13.5. The van der Waals surface area contributed by atoms with Crippen LogP contribution in [0, 0.1) is 11.3 Å². The van der Waals surface area contributed by atoms with E-state index >= 15 is 0 Å². The fraction of sp³-hybridized carbons (Fsp3) is 0.222. The average molecular weight is 278 g/mol. The van der Waals surface area contributed by atoms with Crippen molar-refractivity contribution in [3.63, 3.8) is 0 Å². The maximum Gasteiger partial charge on any atom is 0.220 e. The Bertz CT molecular complexity index is 617. The summed E-state index contributed by atoms with van der Waals surface area (Å²) in [5.41, 5.74) is 2.01. The molecule has 2 rings (SSSR count). The minimum absolute atomic E-state index is 0.0821. The highest BCUT2D eigenvalue weighted by molar-refractivity contribution is 5.74. The molecule has 0 aliphatic carbocycles. The van der Waals surface area contributed by atoms with Gasteiger partial charge in [-0.15, -0.1) is 0 Å². The highest BCUT2D eigenvalue weighted by Gasteiger charge is 2.21. The molecule has 0 radical (unpaired) electrons. The molecule has 0 aromatic heterocycles. The summed E-state index contributed by atoms with van der Waals surface area (Å²) in [5.74, 6) is -0.0821. The van der Waals surface area contributed by atoms with Crippen LogP contribution in [0.15, 0.2) is 60.7 Å². The molecule has 0 fully saturated rings. The second-order valence-electron chi connectivity index (χ2n) is 4.89. The number of carbonyl (C=O) groups excluding carboxylic acids is 1. The summed E-state index contributed by atoms with van der Waals surface area (Å²) in [5, 5.41) is 9.45. The number of benzene rings is 2. The van der Waals surface area contributed by atoms with E-state index in [0.717, 1.165) is 17.5 Å². The monoisotopic (exact) mass is 278 g/mol. The zero-order valence-electron chi connectivity index (χ0n) is 12.1. The molecule has 3 nitrogen and oxygen atoms in total. The van der Waals surface area contributed by atoms with Gasteiger partial charge in [0.1, 0.15) is 6.04 Å². The molecule has 0 aliphatic heterocycles. The maximum atomic E-state index is 11.9. The van der Waals surface area contributed by atoms with E-state index in [1.54, 1.807) is 4.90 Å². The van der Waals surface area contributed by atoms with Gasteiger partial charge in [0.15, 0.2) is 0 Å². The van der Waals surface area contributed by atoms with Gasteiger partial charge < -0.3 is 4.90 Å². The molecule has 2 aromatic carbocycles. The van der Waals surface area contributed by atoms with Gasteiger partial charge in [-0.2, -0.15) is 5.26 Å². The van der Waals surface area contributed by atoms with E-state index < -0.39 is 6.04 Å². The van der Waals surface area contributed by atoms with Crippen molar-refractivity contribution in [1.82, 2.24) is 4.90 Å². The van der Waals surface area contributed by atoms with Gasteiger partial charge >= 0.3 is 0 Å². The molecule has 0 aliphatic rings. The minimum Gasteiger partial charge on any atom is -0.323 e. The third-order valence-electron chi connectivity index (χ3n) is 3.44. The molecule has 0 saturated heterocycles. The highest BCUT2D eigenvalue weighted by atomic mass is 16.2. The molecule has 2 aromatic rings. The molecule has 106 valence electrons. The van der Waals surface area contributed by atoms with Crippen LogP contribution in [0.25, 0.3) is 0 Å². The number of rotatable bonds is 5. The predicted molar refractivity (Wildman–Crippen MR) is 82.3 cm³/mol. The average Bonchev–Trinajstić information content (AvgIpc) is 2.53. The Kier molecular flexibility index (Phi) is 5.11. The zero-order chi connectivity index (χ0) is 15.1. The molecule has 1 atom stereocenters. The first kappa shape index (κ1) is 14.8. The molecule has 0 saturated carbocycles. The third-order valence-corrected chi connectivity index (χ3v) is 3.44. The van der Waals surface area contributed by atoms with E-state index in [-0.39, 0.29) is 5.91 Å². The number of hydrogen-bond donors (Lipinski definition) is 0. The fourth-order valence-electron chi connectivity index (χ4n) is 2.32. The van der Waals surface area contributed by atoms with Gasteiger partial charge in [-0.1, -0.05) is 60.7 Å². The minimum atomic E-state index is -0.535. The summed E-state index contributed by atoms with van der Waals surface area (Å²) in [7, 11) is 0. The number of carbonyl (C=O) groups is 1. The largest absolute Gasteiger partial charge is 0.323 e. The SMILES string of the molecule is CC(=O)N(CCc1ccccc1)[C@H](C#N)c1ccccc1. The molecule has 21 heavy (non-hydrogen) atoms. The summed E-state index contributed by atoms with van der Waals surface area (Å²) < 4.78 is 0. The standard InChI is InChI=1S/C18H18N2O/c1-15(21)20(13-12-16-8-4-2-5-9-16)18(14-19)17-10-6-3-7-11-17/h2-11,18H,12-13H2,1H3/t18-/m1/s1. The molecule has 1 amide bonds. The van der Waals surface area contributed by atoms with E-state index in [0.29, 0.717) is 6.54 Å². The van der Waals surface area contributed by atoms with Crippen molar-refractivity contribution in [2.75, 3.05) is 6.54 Å². The lowest BCUT2D eigenvalue weighted by atomic mass is 10.1. The van der Waals surface area contributed by atoms with Gasteiger partial charge in [-0.3, -0.25) is 4.79 Å². The fourth-order valence-corrected chi connectivity index (χ4v) is 2.32. The molecule has 0 spiro atoms. The van der Waals surface area contributed by atoms with Gasteiger partial charge in [-0.05, 0) is 17.5 Å². The molecule has 0 N–H and O–H groups in total. The summed E-state index contributed by atoms with van der Waals surface area (Å²) in [6.45, 7) is 2.05. The van der Waals surface area contributed by atoms with Crippen molar-refractivity contribution in [3.05, 3.63) is 71.8 Å². The first-order chi connectivity index (χ1) is 10.2. The van der Waals surface area contributed by atoms with E-state index in [9.17, 15) is 10.1 Å². The maximum absolute atomic E-state index is 11.9. The summed E-state index contributed by atoms with van der Waals surface area (Å²) in [6.07, 6.45) is 0.742. The van der Waals surface area contributed by atoms with Gasteiger partial charge in [0, 0.05) is 13.5 Å². The van der Waals surface area contributed by atoms with E-state index in [4.69, 9.17) is 0 Å². The van der Waals surface area contributed by atoms with Crippen LogP contribution in [-0.2, 0) is 11.2 Å². The van der Waals surface area contributed by atoms with Crippen LogP contribution < -0.4 is 0 Å². The molecular formula is C18H18N2O. The Balaban J connectivity index is 2.14. The third kappa shape index (κ3) is 3.93. The number of nitrogens with zero attached hydrogens (tertiary/aromatic N) is 2. The van der Waals surface area contributed by atoms with E-state index in [1.165, 1.54) is 6.92 Å². The highest BCUT2D eigenvalue weighted by Crippen LogP contribution is 2.20. The Morgan fingerprint density at radius 3 is 2.19 bits per heavy atom. The molecular weight excluding hydrogens is 260 g/mol. The van der Waals surface area contributed by atoms with Crippen LogP contribution >= 0.6 is 0 Å². The lowest BCUT2D eigenvalue weighted by molar-refractivity contribution is -0.130. The topological polar surface area (TPSA) is 44.1 Å². The van der Waals surface area contributed by atoms with Crippen LogP contribution in [0.3, 0.4) is 0 Å². The molecule has 3 heteroatoms. The first-order valence-electron chi connectivity index (χ1n) is 6.98. The van der Waals surface area contributed by atoms with Crippen LogP contribution in [0.5, 0.6) is 0 Å². The van der Waals surface area contributed by atoms with Gasteiger partial charge in [0.05, 0.1) is 6.07 Å². The second-order valence-corrected chi connectivity index (χ2v) is 4.89. The van der Waals surface area contributed by atoms with Crippen molar-refractivity contribution in [2.45, 2.75) is 19.4 Å². The quantitative estimate of drug-likeness (QED) is 0.842. The second kappa shape index (κ2) is 7.25. The first-order valence-corrected chi connectivity index (χ1v) is 6.98. The summed E-state index contributed by atoms with van der Waals surface area (Å²) >= 11 is 0. The molecule has 0 bridgehead atoms. The number of amides is 1. The summed E-state index contributed by atoms with van der Waals surface area (Å²) in [6, 6.07) is 21.1. The van der Waals surface area contributed by atoms with Crippen molar-refractivity contribution >= 4 is 5.91 Å². The van der Waals surface area contributed by atoms with Gasteiger partial charge in [-0.25, -0.2) is 0 Å². The normalized spacial score (nSPS) is 11.4. The lowest BCUT2D eigenvalue weighted by Crippen LogP contribution is -2.34. The van der Waals surface area contributed by atoms with E-state index in [2.05, 4.69) is 6.07 Å².